The van der Waals surface area contributed by atoms with Gasteiger partial charge >= 0.3 is 0 Å². The lowest BCUT2D eigenvalue weighted by atomic mass is 9.94. The molecule has 1 atom stereocenters. The third-order valence-electron chi connectivity index (χ3n) is 7.43. The van der Waals surface area contributed by atoms with Crippen molar-refractivity contribution in [3.63, 3.8) is 0 Å². The van der Waals surface area contributed by atoms with Crippen molar-refractivity contribution in [1.29, 1.82) is 0 Å². The van der Waals surface area contributed by atoms with E-state index in [2.05, 4.69) is 28.8 Å². The summed E-state index contributed by atoms with van der Waals surface area (Å²) < 4.78 is 7.84. The monoisotopic (exact) mass is 621 g/mol. The summed E-state index contributed by atoms with van der Waals surface area (Å²) in [6, 6.07) is 31.1. The van der Waals surface area contributed by atoms with Crippen LogP contribution in [0.2, 0.25) is 5.02 Å². The molecule has 0 bridgehead atoms. The van der Waals surface area contributed by atoms with Crippen LogP contribution in [-0.4, -0.2) is 20.7 Å². The van der Waals surface area contributed by atoms with E-state index < -0.39 is 6.04 Å². The number of nitrogens with zero attached hydrogens (tertiary/aromatic N) is 3. The Morgan fingerprint density at radius 1 is 0.955 bits per heavy atom. The topological polar surface area (TPSA) is 81.1 Å². The van der Waals surface area contributed by atoms with Gasteiger partial charge in [-0.05, 0) is 73.4 Å². The third-order valence-corrected chi connectivity index (χ3v) is 8.59. The summed E-state index contributed by atoms with van der Waals surface area (Å²) in [6.07, 6.45) is 0. The van der Waals surface area contributed by atoms with Crippen LogP contribution in [0.3, 0.4) is 0 Å². The highest BCUT2D eigenvalue weighted by atomic mass is 35.5. The molecular formula is C35H32ClN5O2S. The minimum Gasteiger partial charge on any atom is -0.489 e. The molecule has 0 aliphatic carbocycles. The zero-order valence-electron chi connectivity index (χ0n) is 24.7. The van der Waals surface area contributed by atoms with Gasteiger partial charge in [-0.25, -0.2) is 4.68 Å². The fraction of sp³-hybridized carbons (Fsp3) is 0.171. The van der Waals surface area contributed by atoms with Crippen LogP contribution in [0.15, 0.2) is 113 Å². The van der Waals surface area contributed by atoms with Crippen molar-refractivity contribution in [2.75, 3.05) is 10.6 Å². The summed E-state index contributed by atoms with van der Waals surface area (Å²) in [5.74, 6) is 1.85. The second-order valence-electron chi connectivity index (χ2n) is 10.8. The largest absolute Gasteiger partial charge is 0.489 e. The average molecular weight is 622 g/mol. The number of aryl methyl sites for hydroxylation is 2. The molecule has 1 unspecified atom stereocenters. The van der Waals surface area contributed by atoms with Crippen molar-refractivity contribution >= 4 is 40.9 Å². The predicted molar refractivity (Wildman–Crippen MR) is 177 cm³/mol. The Morgan fingerprint density at radius 3 is 2.43 bits per heavy atom. The Morgan fingerprint density at radius 2 is 1.70 bits per heavy atom. The Labute approximate surface area is 266 Å². The van der Waals surface area contributed by atoms with Crippen molar-refractivity contribution < 1.29 is 9.53 Å². The minimum absolute atomic E-state index is 0.199. The Hall–Kier alpha value is -4.53. The van der Waals surface area contributed by atoms with E-state index >= 15 is 0 Å². The maximum absolute atomic E-state index is 14.0. The molecule has 7 nitrogen and oxygen atoms in total. The zero-order chi connectivity index (χ0) is 30.6. The number of rotatable bonds is 9. The normalized spacial score (nSPS) is 14.1. The number of anilines is 2. The van der Waals surface area contributed by atoms with Crippen molar-refractivity contribution in [3.8, 4) is 5.75 Å². The van der Waals surface area contributed by atoms with Crippen LogP contribution in [-0.2, 0) is 17.2 Å². The van der Waals surface area contributed by atoms with E-state index in [9.17, 15) is 4.79 Å². The van der Waals surface area contributed by atoms with Crippen LogP contribution < -0.4 is 15.4 Å². The molecule has 1 amide bonds. The molecule has 0 saturated carbocycles. The molecule has 0 saturated heterocycles. The fourth-order valence-corrected chi connectivity index (χ4v) is 6.07. The van der Waals surface area contributed by atoms with Crippen molar-refractivity contribution in [2.45, 2.75) is 44.3 Å². The number of hydrogen-bond acceptors (Lipinski definition) is 6. The zero-order valence-corrected chi connectivity index (χ0v) is 26.2. The summed E-state index contributed by atoms with van der Waals surface area (Å²) in [4.78, 5) is 18.8. The first kappa shape index (κ1) is 29.5. The van der Waals surface area contributed by atoms with E-state index in [0.717, 1.165) is 45.1 Å². The third kappa shape index (κ3) is 6.67. The number of fused-ring (bicyclic) bond motifs is 1. The van der Waals surface area contributed by atoms with Gasteiger partial charge in [0.1, 0.15) is 18.4 Å². The summed E-state index contributed by atoms with van der Waals surface area (Å²) in [6.45, 7) is 6.36. The number of amides is 1. The van der Waals surface area contributed by atoms with Crippen molar-refractivity contribution in [2.24, 2.45) is 0 Å². The quantitative estimate of drug-likeness (QED) is 0.161. The molecule has 6 rings (SSSR count). The van der Waals surface area contributed by atoms with E-state index in [4.69, 9.17) is 26.4 Å². The maximum atomic E-state index is 14.0. The highest BCUT2D eigenvalue weighted by Crippen LogP contribution is 2.38. The van der Waals surface area contributed by atoms with E-state index in [0.29, 0.717) is 28.3 Å². The molecule has 0 fully saturated rings. The van der Waals surface area contributed by atoms with Crippen LogP contribution in [0, 0.1) is 13.8 Å². The average Bonchev–Trinajstić information content (AvgIpc) is 3.43. The lowest BCUT2D eigenvalue weighted by Crippen LogP contribution is -2.31. The number of thioether (sulfide) groups is 1. The van der Waals surface area contributed by atoms with E-state index in [1.807, 2.05) is 99.6 Å². The molecule has 2 heterocycles. The molecule has 0 radical (unpaired) electrons. The molecule has 2 N–H and O–H groups in total. The number of hydrogen-bond donors (Lipinski definition) is 2. The van der Waals surface area contributed by atoms with E-state index in [1.165, 1.54) is 5.56 Å². The first-order valence-corrected chi connectivity index (χ1v) is 15.7. The lowest BCUT2D eigenvalue weighted by Gasteiger charge is -2.29. The highest BCUT2D eigenvalue weighted by molar-refractivity contribution is 7.98. The van der Waals surface area contributed by atoms with Gasteiger partial charge in [0, 0.05) is 22.2 Å². The number of halogens is 1. The van der Waals surface area contributed by atoms with Crippen LogP contribution >= 0.6 is 23.4 Å². The fourth-order valence-electron chi connectivity index (χ4n) is 5.15. The van der Waals surface area contributed by atoms with Gasteiger partial charge in [0.15, 0.2) is 0 Å². The number of ether oxygens (including phenoxy) is 1. The van der Waals surface area contributed by atoms with E-state index in [-0.39, 0.29) is 5.91 Å². The van der Waals surface area contributed by atoms with Gasteiger partial charge in [0.25, 0.3) is 5.91 Å². The summed E-state index contributed by atoms with van der Waals surface area (Å²) in [7, 11) is 0. The molecule has 5 aromatic rings. The molecule has 4 aromatic carbocycles. The number of aromatic nitrogens is 3. The van der Waals surface area contributed by atoms with E-state index in [1.54, 1.807) is 16.4 Å². The summed E-state index contributed by atoms with van der Waals surface area (Å²) in [5, 5.41) is 12.7. The van der Waals surface area contributed by atoms with Gasteiger partial charge in [-0.1, -0.05) is 95.7 Å². The molecular weight excluding hydrogens is 590 g/mol. The van der Waals surface area contributed by atoms with Gasteiger partial charge in [0.2, 0.25) is 11.1 Å². The summed E-state index contributed by atoms with van der Waals surface area (Å²) >= 11 is 7.57. The Kier molecular flexibility index (Phi) is 8.72. The second kappa shape index (κ2) is 13.0. The number of benzene rings is 4. The van der Waals surface area contributed by atoms with Gasteiger partial charge in [-0.15, -0.1) is 5.10 Å². The van der Waals surface area contributed by atoms with Crippen molar-refractivity contribution in [1.82, 2.24) is 14.8 Å². The number of nitrogens with one attached hydrogen (secondary N) is 2. The predicted octanol–water partition coefficient (Wildman–Crippen LogP) is 8.35. The number of carbonyl (C=O) groups is 1. The second-order valence-corrected chi connectivity index (χ2v) is 12.1. The Bertz CT molecular complexity index is 1820. The van der Waals surface area contributed by atoms with Crippen LogP contribution in [0.4, 0.5) is 11.6 Å². The van der Waals surface area contributed by atoms with Gasteiger partial charge in [-0.3, -0.25) is 4.79 Å². The van der Waals surface area contributed by atoms with Crippen LogP contribution in [0.25, 0.3) is 0 Å². The molecule has 0 spiro atoms. The molecule has 222 valence electrons. The number of carbonyl (C=O) groups excluding carboxylic acids is 1. The van der Waals surface area contributed by atoms with Crippen LogP contribution in [0.1, 0.15) is 40.8 Å². The standard InChI is InChI=1S/C35H32ClN5O2S/c1-22-9-18-30(23(2)19-22)38-33(42)31-24(3)37-34-39-35(44-21-26-7-5-4-6-8-26)40-41(34)32(31)27-12-16-29(17-13-27)43-20-25-10-14-28(36)15-11-25/h4-19,32H,20-21H2,1-3H3,(H,38,42)(H,37,39,40). The first-order valence-electron chi connectivity index (χ1n) is 14.3. The maximum Gasteiger partial charge on any atom is 0.255 e. The molecule has 44 heavy (non-hydrogen) atoms. The van der Waals surface area contributed by atoms with Crippen LogP contribution in [0.5, 0.6) is 5.75 Å². The summed E-state index contributed by atoms with van der Waals surface area (Å²) in [5.41, 5.74) is 7.30. The van der Waals surface area contributed by atoms with Crippen molar-refractivity contribution in [3.05, 3.63) is 141 Å². The molecule has 1 aliphatic rings. The molecule has 1 aromatic heterocycles. The smallest absolute Gasteiger partial charge is 0.255 e. The highest BCUT2D eigenvalue weighted by Gasteiger charge is 2.34. The first-order chi connectivity index (χ1) is 21.3. The molecule has 1 aliphatic heterocycles. The SMILES string of the molecule is CC1=C(C(=O)Nc2ccc(C)cc2C)C(c2ccc(OCc3ccc(Cl)cc3)cc2)n2nc(SCc3ccccc3)nc2N1. The van der Waals surface area contributed by atoms with Gasteiger partial charge in [0.05, 0.1) is 5.57 Å². The van der Waals surface area contributed by atoms with Gasteiger partial charge < -0.3 is 15.4 Å². The van der Waals surface area contributed by atoms with Gasteiger partial charge in [-0.2, -0.15) is 4.98 Å². The number of allylic oxidation sites excluding steroid dienone is 1. The lowest BCUT2D eigenvalue weighted by molar-refractivity contribution is -0.113. The molecule has 9 heteroatoms. The Balaban J connectivity index is 1.30. The minimum atomic E-state index is -0.499.